The fraction of sp³-hybridized carbons (Fsp3) is 0.500. The molecule has 8 nitrogen and oxygen atoms in total. The Morgan fingerprint density at radius 3 is 2.68 bits per heavy atom. The summed E-state index contributed by atoms with van der Waals surface area (Å²) in [4.78, 5) is 29.2. The summed E-state index contributed by atoms with van der Waals surface area (Å²) in [6, 6.07) is 4.72. The van der Waals surface area contributed by atoms with Crippen LogP contribution in [0.1, 0.15) is 6.92 Å². The van der Waals surface area contributed by atoms with Gasteiger partial charge in [-0.1, -0.05) is 12.2 Å². The number of rotatable bonds is 5. The normalized spacial score (nSPS) is 19.6. The van der Waals surface area contributed by atoms with Gasteiger partial charge in [-0.15, -0.1) is 0 Å². The highest BCUT2D eigenvalue weighted by molar-refractivity contribution is 7.80. The maximum Gasteiger partial charge on any atom is 0.414 e. The standard InChI is InChI=1S/C18H24FN5O3S/c1-12(25)21-10-14-11-24(18(26)27-14)13-2-3-16(15(19)8-13)22-4-6-23(7-5-22)17(28)9-20/h2-3,8,14H,4-7,9-11,20H2,1H3,(H,21,25)/t14-/m0/s1. The first-order valence-corrected chi connectivity index (χ1v) is 9.54. The molecule has 0 aliphatic carbocycles. The Labute approximate surface area is 168 Å². The van der Waals surface area contributed by atoms with Crippen LogP contribution in [0, 0.1) is 5.82 Å². The molecule has 0 unspecified atom stereocenters. The zero-order chi connectivity index (χ0) is 20.3. The highest BCUT2D eigenvalue weighted by atomic mass is 32.1. The molecule has 3 N–H and O–H groups in total. The van der Waals surface area contributed by atoms with E-state index in [2.05, 4.69) is 5.32 Å². The van der Waals surface area contributed by atoms with Crippen molar-refractivity contribution < 1.29 is 18.7 Å². The Bertz CT molecular complexity index is 770. The zero-order valence-corrected chi connectivity index (χ0v) is 16.5. The van der Waals surface area contributed by atoms with Gasteiger partial charge < -0.3 is 25.6 Å². The Balaban J connectivity index is 1.64. The maximum absolute atomic E-state index is 14.8. The molecule has 2 heterocycles. The lowest BCUT2D eigenvalue weighted by atomic mass is 10.2. The first kappa shape index (κ1) is 20.3. The summed E-state index contributed by atoms with van der Waals surface area (Å²) in [6.07, 6.45) is -1.01. The largest absolute Gasteiger partial charge is 0.442 e. The van der Waals surface area contributed by atoms with Crippen LogP contribution in [0.15, 0.2) is 18.2 Å². The van der Waals surface area contributed by atoms with Crippen molar-refractivity contribution in [1.29, 1.82) is 0 Å². The molecule has 2 saturated heterocycles. The predicted octanol–water partition coefficient (Wildman–Crippen LogP) is 0.695. The lowest BCUT2D eigenvalue weighted by Gasteiger charge is -2.37. The van der Waals surface area contributed by atoms with E-state index >= 15 is 0 Å². The number of amides is 2. The molecular formula is C18H24FN5O3S. The van der Waals surface area contributed by atoms with Crippen LogP contribution in [0.2, 0.25) is 0 Å². The average Bonchev–Trinajstić information content (AvgIpc) is 3.06. The van der Waals surface area contributed by atoms with Gasteiger partial charge in [0.1, 0.15) is 11.9 Å². The minimum absolute atomic E-state index is 0.197. The number of anilines is 2. The van der Waals surface area contributed by atoms with E-state index in [4.69, 9.17) is 22.7 Å². The molecule has 0 radical (unpaired) electrons. The minimum atomic E-state index is -0.550. The number of carbonyl (C=O) groups is 2. The van der Waals surface area contributed by atoms with Gasteiger partial charge in [-0.25, -0.2) is 9.18 Å². The Hall–Kier alpha value is -2.46. The van der Waals surface area contributed by atoms with Crippen molar-refractivity contribution in [2.75, 3.05) is 55.6 Å². The highest BCUT2D eigenvalue weighted by Crippen LogP contribution is 2.28. The second-order valence-corrected chi connectivity index (χ2v) is 7.23. The molecule has 2 aliphatic rings. The van der Waals surface area contributed by atoms with E-state index in [1.54, 1.807) is 12.1 Å². The number of thiocarbonyl (C=S) groups is 1. The third-order valence-corrected chi connectivity index (χ3v) is 5.27. The lowest BCUT2D eigenvalue weighted by molar-refractivity contribution is -0.119. The molecule has 1 atom stereocenters. The minimum Gasteiger partial charge on any atom is -0.442 e. The van der Waals surface area contributed by atoms with E-state index in [-0.39, 0.29) is 19.0 Å². The van der Waals surface area contributed by atoms with Crippen molar-refractivity contribution in [3.05, 3.63) is 24.0 Å². The van der Waals surface area contributed by atoms with Gasteiger partial charge in [-0.05, 0) is 18.2 Å². The second-order valence-electron chi connectivity index (χ2n) is 6.76. The Morgan fingerprint density at radius 2 is 2.07 bits per heavy atom. The van der Waals surface area contributed by atoms with E-state index < -0.39 is 18.0 Å². The molecule has 3 rings (SSSR count). The third-order valence-electron chi connectivity index (χ3n) is 4.84. The van der Waals surface area contributed by atoms with E-state index in [1.165, 1.54) is 17.9 Å². The van der Waals surface area contributed by atoms with Crippen LogP contribution in [0.4, 0.5) is 20.6 Å². The van der Waals surface area contributed by atoms with Gasteiger partial charge in [0.05, 0.1) is 29.5 Å². The second kappa shape index (κ2) is 8.70. The van der Waals surface area contributed by atoms with Gasteiger partial charge in [-0.2, -0.15) is 0 Å². The molecule has 152 valence electrons. The van der Waals surface area contributed by atoms with Crippen molar-refractivity contribution in [2.45, 2.75) is 13.0 Å². The number of nitrogens with zero attached hydrogens (tertiary/aromatic N) is 3. The Morgan fingerprint density at radius 1 is 1.36 bits per heavy atom. The third kappa shape index (κ3) is 4.50. The summed E-state index contributed by atoms with van der Waals surface area (Å²) in [6.45, 7) is 4.89. The molecular weight excluding hydrogens is 385 g/mol. The fourth-order valence-corrected chi connectivity index (χ4v) is 3.52. The fourth-order valence-electron chi connectivity index (χ4n) is 3.34. The number of carbonyl (C=O) groups excluding carboxylic acids is 2. The number of nitrogens with one attached hydrogen (secondary N) is 1. The molecule has 0 bridgehead atoms. The summed E-state index contributed by atoms with van der Waals surface area (Å²) in [7, 11) is 0. The van der Waals surface area contributed by atoms with Crippen molar-refractivity contribution in [2.24, 2.45) is 5.73 Å². The molecule has 0 saturated carbocycles. The van der Waals surface area contributed by atoms with Crippen LogP contribution < -0.4 is 20.9 Å². The van der Waals surface area contributed by atoms with E-state index in [0.29, 0.717) is 44.1 Å². The van der Waals surface area contributed by atoms with Crippen LogP contribution in [0.5, 0.6) is 0 Å². The van der Waals surface area contributed by atoms with Crippen LogP contribution in [-0.2, 0) is 9.53 Å². The van der Waals surface area contributed by atoms with Gasteiger partial charge in [0.25, 0.3) is 0 Å². The first-order chi connectivity index (χ1) is 13.4. The van der Waals surface area contributed by atoms with Gasteiger partial charge >= 0.3 is 6.09 Å². The van der Waals surface area contributed by atoms with E-state index in [1.807, 2.05) is 9.80 Å². The number of hydrogen-bond acceptors (Lipinski definition) is 6. The number of piperazine rings is 1. The number of nitrogens with two attached hydrogens (primary N) is 1. The number of benzene rings is 1. The van der Waals surface area contributed by atoms with Crippen LogP contribution in [-0.4, -0.2) is 73.8 Å². The molecule has 0 aromatic heterocycles. The summed E-state index contributed by atoms with van der Waals surface area (Å²) in [5, 5.41) is 2.61. The monoisotopic (exact) mass is 409 g/mol. The summed E-state index contributed by atoms with van der Waals surface area (Å²) >= 11 is 5.22. The quantitative estimate of drug-likeness (QED) is 0.692. The van der Waals surface area contributed by atoms with E-state index in [0.717, 1.165) is 4.99 Å². The summed E-state index contributed by atoms with van der Waals surface area (Å²) < 4.78 is 20.0. The van der Waals surface area contributed by atoms with Crippen LogP contribution in [0.25, 0.3) is 0 Å². The molecule has 2 aliphatic heterocycles. The summed E-state index contributed by atoms with van der Waals surface area (Å²) in [5.74, 6) is -0.595. The maximum atomic E-state index is 14.8. The molecule has 10 heteroatoms. The predicted molar refractivity (Wildman–Crippen MR) is 108 cm³/mol. The van der Waals surface area contributed by atoms with Crippen LogP contribution >= 0.6 is 12.2 Å². The van der Waals surface area contributed by atoms with Gasteiger partial charge in [-0.3, -0.25) is 9.69 Å². The Kier molecular flexibility index (Phi) is 6.30. The van der Waals surface area contributed by atoms with Crippen LogP contribution in [0.3, 0.4) is 0 Å². The van der Waals surface area contributed by atoms with Gasteiger partial charge in [0.2, 0.25) is 5.91 Å². The molecule has 0 spiro atoms. The van der Waals surface area contributed by atoms with Crippen molar-refractivity contribution in [1.82, 2.24) is 10.2 Å². The van der Waals surface area contributed by atoms with Crippen molar-refractivity contribution in [3.8, 4) is 0 Å². The van der Waals surface area contributed by atoms with E-state index in [9.17, 15) is 14.0 Å². The number of halogens is 1. The van der Waals surface area contributed by atoms with Gasteiger partial charge in [0, 0.05) is 39.6 Å². The van der Waals surface area contributed by atoms with Crippen molar-refractivity contribution >= 4 is 40.6 Å². The smallest absolute Gasteiger partial charge is 0.414 e. The highest BCUT2D eigenvalue weighted by Gasteiger charge is 2.33. The molecule has 1 aromatic rings. The molecule has 1 aromatic carbocycles. The zero-order valence-electron chi connectivity index (χ0n) is 15.7. The number of cyclic esters (lactones) is 1. The van der Waals surface area contributed by atoms with Gasteiger partial charge in [0.15, 0.2) is 0 Å². The number of hydrogen-bond donors (Lipinski definition) is 2. The average molecular weight is 409 g/mol. The molecule has 2 amide bonds. The summed E-state index contributed by atoms with van der Waals surface area (Å²) in [5.41, 5.74) is 6.50. The number of ether oxygens (including phenoxy) is 1. The molecule has 2 fully saturated rings. The topological polar surface area (TPSA) is 91.1 Å². The SMILES string of the molecule is CC(=O)NC[C@H]1CN(c2ccc(N3CCN(C(=S)CN)CC3)c(F)c2)C(=O)O1. The first-order valence-electron chi connectivity index (χ1n) is 9.14. The lowest BCUT2D eigenvalue weighted by Crippen LogP contribution is -2.50. The molecule has 28 heavy (non-hydrogen) atoms. The van der Waals surface area contributed by atoms with Crippen molar-refractivity contribution in [3.63, 3.8) is 0 Å².